The van der Waals surface area contributed by atoms with E-state index in [0.29, 0.717) is 16.7 Å². The molecule has 0 aliphatic carbocycles. The third-order valence-electron chi connectivity index (χ3n) is 2.48. The Morgan fingerprint density at radius 3 is 2.95 bits per heavy atom. The summed E-state index contributed by atoms with van der Waals surface area (Å²) in [6, 6.07) is 2.80. The number of aryl methyl sites for hydroxylation is 1. The molecule has 0 aliphatic heterocycles. The van der Waals surface area contributed by atoms with Crippen LogP contribution in [0.1, 0.15) is 21.9 Å². The van der Waals surface area contributed by atoms with E-state index in [1.54, 1.807) is 13.0 Å². The lowest BCUT2D eigenvalue weighted by Gasteiger charge is -2.00. The van der Waals surface area contributed by atoms with Crippen LogP contribution in [-0.4, -0.2) is 15.9 Å². The molecular weight excluding hydrogens is 282 g/mol. The van der Waals surface area contributed by atoms with E-state index in [4.69, 9.17) is 16.0 Å². The Labute approximate surface area is 117 Å². The molecule has 0 spiro atoms. The minimum absolute atomic E-state index is 0.134. The lowest BCUT2D eigenvalue weighted by Crippen LogP contribution is -2.29. The number of carbonyl (C=O) groups is 1. The third kappa shape index (κ3) is 3.19. The van der Waals surface area contributed by atoms with E-state index in [2.05, 4.69) is 9.97 Å². The summed E-state index contributed by atoms with van der Waals surface area (Å²) in [5.74, 6) is 5.89. The minimum Gasteiger partial charge on any atom is -0.456 e. The average molecular weight is 295 g/mol. The van der Waals surface area contributed by atoms with Crippen LogP contribution in [0.25, 0.3) is 0 Å². The molecule has 106 valence electrons. The Morgan fingerprint density at radius 1 is 1.55 bits per heavy atom. The van der Waals surface area contributed by atoms with Gasteiger partial charge in [0.2, 0.25) is 0 Å². The molecule has 20 heavy (non-hydrogen) atoms. The number of thioether (sulfide) groups is 1. The smallest absolute Gasteiger partial charge is 0.300 e. The molecule has 0 aromatic carbocycles. The minimum atomic E-state index is -0.500. The van der Waals surface area contributed by atoms with E-state index in [-0.39, 0.29) is 17.1 Å². The maximum atomic E-state index is 11.3. The molecule has 0 saturated heterocycles. The van der Waals surface area contributed by atoms with Crippen molar-refractivity contribution in [2.24, 2.45) is 5.84 Å². The zero-order valence-corrected chi connectivity index (χ0v) is 11.4. The number of nitrogen functional groups attached to an aromatic ring is 2. The fraction of sp³-hybridized carbons (Fsp3) is 0.182. The fourth-order valence-corrected chi connectivity index (χ4v) is 2.44. The van der Waals surface area contributed by atoms with E-state index in [0.717, 1.165) is 5.56 Å². The van der Waals surface area contributed by atoms with E-state index in [1.165, 1.54) is 17.8 Å². The molecule has 0 unspecified atom stereocenters. The van der Waals surface area contributed by atoms with Gasteiger partial charge in [0.1, 0.15) is 11.6 Å². The van der Waals surface area contributed by atoms with Crippen LogP contribution in [0.4, 0.5) is 5.82 Å². The fourth-order valence-electron chi connectivity index (χ4n) is 1.51. The van der Waals surface area contributed by atoms with Gasteiger partial charge in [0.25, 0.3) is 5.56 Å². The van der Waals surface area contributed by atoms with Crippen molar-refractivity contribution >= 4 is 23.5 Å². The molecule has 2 aromatic heterocycles. The molecule has 2 rings (SSSR count). The monoisotopic (exact) mass is 295 g/mol. The zero-order valence-electron chi connectivity index (χ0n) is 10.6. The van der Waals surface area contributed by atoms with E-state index >= 15 is 0 Å². The highest BCUT2D eigenvalue weighted by Gasteiger charge is 2.14. The van der Waals surface area contributed by atoms with Gasteiger partial charge in [-0.3, -0.25) is 15.0 Å². The Kier molecular flexibility index (Phi) is 4.11. The number of nitrogens with zero attached hydrogens (tertiary/aromatic N) is 1. The predicted molar refractivity (Wildman–Crippen MR) is 73.9 cm³/mol. The molecule has 0 atom stereocenters. The van der Waals surface area contributed by atoms with Crippen LogP contribution in [0.3, 0.4) is 0 Å². The lowest BCUT2D eigenvalue weighted by atomic mass is 10.3. The second kappa shape index (κ2) is 5.80. The maximum Gasteiger partial charge on any atom is 0.300 e. The van der Waals surface area contributed by atoms with Gasteiger partial charge in [0.05, 0.1) is 0 Å². The molecule has 0 saturated carbocycles. The Hall–Kier alpha value is -2.26. The topological polar surface area (TPSA) is 140 Å². The highest BCUT2D eigenvalue weighted by Crippen LogP contribution is 2.23. The van der Waals surface area contributed by atoms with Gasteiger partial charge in [-0.2, -0.15) is 0 Å². The van der Waals surface area contributed by atoms with Crippen LogP contribution in [0.5, 0.6) is 0 Å². The van der Waals surface area contributed by atoms with Crippen LogP contribution < -0.4 is 22.6 Å². The van der Waals surface area contributed by atoms with Crippen molar-refractivity contribution in [3.05, 3.63) is 39.6 Å². The van der Waals surface area contributed by atoms with Crippen molar-refractivity contribution in [2.45, 2.75) is 17.8 Å². The Bertz CT molecular complexity index is 694. The lowest BCUT2D eigenvalue weighted by molar-refractivity contribution is 0.0924. The zero-order chi connectivity index (χ0) is 14.7. The standard InChI is InChI=1S/C11H13N5O3S/c1-5-6(2-7(19-5)10(18)16-13)4-20-11-14-8(12)3-9(17)15-11/h2-3H,4,13H2,1H3,(H,16,18)(H3,12,14,15,17). The number of hydrazine groups is 1. The number of hydrogen-bond donors (Lipinski definition) is 4. The number of nitrogens with one attached hydrogen (secondary N) is 2. The maximum absolute atomic E-state index is 11.3. The first kappa shape index (κ1) is 14.2. The molecular formula is C11H13N5O3S. The van der Waals surface area contributed by atoms with E-state index in [9.17, 15) is 9.59 Å². The first-order valence-electron chi connectivity index (χ1n) is 5.59. The van der Waals surface area contributed by atoms with Gasteiger partial charge >= 0.3 is 5.91 Å². The average Bonchev–Trinajstić information content (AvgIpc) is 2.76. The highest BCUT2D eigenvalue weighted by molar-refractivity contribution is 7.98. The van der Waals surface area contributed by atoms with Crippen LogP contribution in [0, 0.1) is 6.92 Å². The second-order valence-corrected chi connectivity index (χ2v) is 4.89. The first-order valence-corrected chi connectivity index (χ1v) is 6.58. The number of hydrogen-bond acceptors (Lipinski definition) is 7. The van der Waals surface area contributed by atoms with Gasteiger partial charge in [0.15, 0.2) is 10.9 Å². The van der Waals surface area contributed by atoms with Gasteiger partial charge < -0.3 is 15.1 Å². The van der Waals surface area contributed by atoms with Gasteiger partial charge in [-0.15, -0.1) is 0 Å². The van der Waals surface area contributed by atoms with Crippen molar-refractivity contribution in [1.29, 1.82) is 0 Å². The largest absolute Gasteiger partial charge is 0.456 e. The summed E-state index contributed by atoms with van der Waals surface area (Å²) in [4.78, 5) is 29.1. The molecule has 8 nitrogen and oxygen atoms in total. The number of nitrogens with two attached hydrogens (primary N) is 2. The SMILES string of the molecule is Cc1oc(C(=O)NN)cc1CSc1nc(N)cc(=O)[nH]1. The van der Waals surface area contributed by atoms with Gasteiger partial charge in [0, 0.05) is 17.4 Å². The summed E-state index contributed by atoms with van der Waals surface area (Å²) in [6.07, 6.45) is 0. The Morgan fingerprint density at radius 2 is 2.30 bits per heavy atom. The van der Waals surface area contributed by atoms with Gasteiger partial charge in [-0.05, 0) is 13.0 Å². The van der Waals surface area contributed by atoms with Crippen LogP contribution in [-0.2, 0) is 5.75 Å². The summed E-state index contributed by atoms with van der Waals surface area (Å²) < 4.78 is 5.28. The number of rotatable bonds is 4. The predicted octanol–water partition coefficient (Wildman–Crippen LogP) is 0.149. The summed E-state index contributed by atoms with van der Waals surface area (Å²) in [5.41, 5.74) is 7.98. The molecule has 0 fully saturated rings. The van der Waals surface area contributed by atoms with Crippen molar-refractivity contribution < 1.29 is 9.21 Å². The summed E-state index contributed by atoms with van der Waals surface area (Å²) in [7, 11) is 0. The number of aromatic amines is 1. The van der Waals surface area contributed by atoms with Crippen LogP contribution >= 0.6 is 11.8 Å². The Balaban J connectivity index is 2.12. The number of carbonyl (C=O) groups excluding carboxylic acids is 1. The van der Waals surface area contributed by atoms with E-state index < -0.39 is 5.91 Å². The summed E-state index contributed by atoms with van der Waals surface area (Å²) in [5, 5.41) is 0.403. The number of H-pyrrole nitrogens is 1. The molecule has 1 amide bonds. The summed E-state index contributed by atoms with van der Waals surface area (Å²) >= 11 is 1.28. The quantitative estimate of drug-likeness (QED) is 0.207. The van der Waals surface area contributed by atoms with Crippen LogP contribution in [0.15, 0.2) is 26.5 Å². The molecule has 9 heteroatoms. The molecule has 0 bridgehead atoms. The van der Waals surface area contributed by atoms with Crippen molar-refractivity contribution in [2.75, 3.05) is 5.73 Å². The van der Waals surface area contributed by atoms with Crippen molar-refractivity contribution in [1.82, 2.24) is 15.4 Å². The van der Waals surface area contributed by atoms with Gasteiger partial charge in [-0.25, -0.2) is 10.8 Å². The molecule has 6 N–H and O–H groups in total. The van der Waals surface area contributed by atoms with Crippen LogP contribution in [0.2, 0.25) is 0 Å². The van der Waals surface area contributed by atoms with Gasteiger partial charge in [-0.1, -0.05) is 11.8 Å². The first-order chi connectivity index (χ1) is 9.49. The van der Waals surface area contributed by atoms with Crippen molar-refractivity contribution in [3.8, 4) is 0 Å². The third-order valence-corrected chi connectivity index (χ3v) is 3.40. The number of furan rings is 1. The normalized spacial score (nSPS) is 10.5. The molecule has 2 aromatic rings. The molecule has 0 radical (unpaired) electrons. The van der Waals surface area contributed by atoms with E-state index in [1.807, 2.05) is 5.43 Å². The highest BCUT2D eigenvalue weighted by atomic mass is 32.2. The molecule has 2 heterocycles. The summed E-state index contributed by atoms with van der Waals surface area (Å²) in [6.45, 7) is 1.73. The van der Waals surface area contributed by atoms with Crippen molar-refractivity contribution in [3.63, 3.8) is 0 Å². The number of anilines is 1. The number of amides is 1. The number of aromatic nitrogens is 2. The second-order valence-electron chi connectivity index (χ2n) is 3.93. The molecule has 0 aliphatic rings.